The van der Waals surface area contributed by atoms with Crippen molar-refractivity contribution in [2.75, 3.05) is 6.54 Å². The molecule has 0 fully saturated rings. The molecular weight excluding hydrogens is 376 g/mol. The molecule has 0 atom stereocenters. The third-order valence-corrected chi connectivity index (χ3v) is 6.01. The summed E-state index contributed by atoms with van der Waals surface area (Å²) in [6.45, 7) is 0.645. The number of thiazole rings is 2. The van der Waals surface area contributed by atoms with Crippen LogP contribution in [0.15, 0.2) is 54.0 Å². The van der Waals surface area contributed by atoms with Crippen LogP contribution in [0.2, 0.25) is 0 Å². The number of rotatable bonds is 7. The summed E-state index contributed by atoms with van der Waals surface area (Å²) >= 11 is 3.23. The fraction of sp³-hybridized carbons (Fsp3) is 0.200. The van der Waals surface area contributed by atoms with Crippen LogP contribution in [-0.4, -0.2) is 27.4 Å². The lowest BCUT2D eigenvalue weighted by Gasteiger charge is -2.02. The van der Waals surface area contributed by atoms with Crippen molar-refractivity contribution in [3.63, 3.8) is 0 Å². The summed E-state index contributed by atoms with van der Waals surface area (Å²) in [5.41, 5.74) is 2.67. The third kappa shape index (κ3) is 4.56. The van der Waals surface area contributed by atoms with Gasteiger partial charge in [-0.3, -0.25) is 9.78 Å². The maximum Gasteiger partial charge on any atom is 0.226 e. The molecule has 1 aromatic carbocycles. The topological polar surface area (TPSA) is 67.8 Å². The van der Waals surface area contributed by atoms with Gasteiger partial charge in [-0.1, -0.05) is 18.2 Å². The van der Waals surface area contributed by atoms with Gasteiger partial charge in [0, 0.05) is 24.5 Å². The number of amides is 1. The maximum absolute atomic E-state index is 12.1. The molecule has 4 aromatic rings. The number of carbonyl (C=O) groups is 1. The molecule has 4 rings (SSSR count). The summed E-state index contributed by atoms with van der Waals surface area (Å²) in [4.78, 5) is 25.6. The van der Waals surface area contributed by atoms with E-state index in [2.05, 4.69) is 26.3 Å². The van der Waals surface area contributed by atoms with E-state index in [0.29, 0.717) is 13.0 Å². The second kappa shape index (κ2) is 8.37. The van der Waals surface area contributed by atoms with E-state index >= 15 is 0 Å². The lowest BCUT2D eigenvalue weighted by atomic mass is 10.3. The molecule has 5 nitrogen and oxygen atoms in total. The van der Waals surface area contributed by atoms with E-state index in [1.165, 1.54) is 16.0 Å². The minimum Gasteiger partial charge on any atom is -0.356 e. The maximum atomic E-state index is 12.1. The molecule has 0 aliphatic rings. The molecule has 0 saturated heterocycles. The Balaban J connectivity index is 1.23. The predicted octanol–water partition coefficient (Wildman–Crippen LogP) is 4.11. The Morgan fingerprint density at radius 2 is 1.96 bits per heavy atom. The number of pyridine rings is 1. The summed E-state index contributed by atoms with van der Waals surface area (Å²) in [5, 5.41) is 6.85. The van der Waals surface area contributed by atoms with Crippen LogP contribution < -0.4 is 5.32 Å². The number of hydrogen-bond donors (Lipinski definition) is 1. The SMILES string of the molecule is O=C(Cc1csc(-c2ccccn2)n1)NCCCc1nc2ccccc2s1. The van der Waals surface area contributed by atoms with Gasteiger partial charge in [0.25, 0.3) is 0 Å². The van der Waals surface area contributed by atoms with Crippen molar-refractivity contribution in [3.8, 4) is 10.7 Å². The van der Waals surface area contributed by atoms with Crippen LogP contribution in [0.3, 0.4) is 0 Å². The molecule has 3 aromatic heterocycles. The number of fused-ring (bicyclic) bond motifs is 1. The Labute approximate surface area is 165 Å². The Kier molecular flexibility index (Phi) is 5.50. The molecule has 27 heavy (non-hydrogen) atoms. The van der Waals surface area contributed by atoms with Crippen molar-refractivity contribution in [2.45, 2.75) is 19.3 Å². The molecule has 1 N–H and O–H groups in total. The van der Waals surface area contributed by atoms with Crippen molar-refractivity contribution in [1.82, 2.24) is 20.3 Å². The van der Waals surface area contributed by atoms with E-state index in [-0.39, 0.29) is 5.91 Å². The second-order valence-corrected chi connectivity index (χ2v) is 8.04. The van der Waals surface area contributed by atoms with Crippen LogP contribution in [0.1, 0.15) is 17.1 Å². The fourth-order valence-electron chi connectivity index (χ4n) is 2.72. The molecular formula is C20H18N4OS2. The van der Waals surface area contributed by atoms with Crippen LogP contribution in [0, 0.1) is 0 Å². The number of carbonyl (C=O) groups excluding carboxylic acids is 1. The lowest BCUT2D eigenvalue weighted by Crippen LogP contribution is -2.26. The minimum absolute atomic E-state index is 0.00262. The normalized spacial score (nSPS) is 11.0. The lowest BCUT2D eigenvalue weighted by molar-refractivity contribution is -0.120. The number of benzene rings is 1. The van der Waals surface area contributed by atoms with Crippen LogP contribution in [0.4, 0.5) is 0 Å². The summed E-state index contributed by atoms with van der Waals surface area (Å²) in [6.07, 6.45) is 3.79. The van der Waals surface area contributed by atoms with Gasteiger partial charge in [0.1, 0.15) is 5.01 Å². The molecule has 0 radical (unpaired) electrons. The Bertz CT molecular complexity index is 1010. The molecule has 7 heteroatoms. The highest BCUT2D eigenvalue weighted by atomic mass is 32.1. The highest BCUT2D eigenvalue weighted by Crippen LogP contribution is 2.23. The van der Waals surface area contributed by atoms with Crippen LogP contribution in [-0.2, 0) is 17.6 Å². The highest BCUT2D eigenvalue weighted by molar-refractivity contribution is 7.18. The Hall–Kier alpha value is -2.64. The van der Waals surface area contributed by atoms with Crippen molar-refractivity contribution in [1.29, 1.82) is 0 Å². The number of hydrogen-bond acceptors (Lipinski definition) is 6. The van der Waals surface area contributed by atoms with Gasteiger partial charge in [0.15, 0.2) is 0 Å². The van der Waals surface area contributed by atoms with Crippen molar-refractivity contribution >= 4 is 38.8 Å². The first-order valence-corrected chi connectivity index (χ1v) is 10.4. The summed E-state index contributed by atoms with van der Waals surface area (Å²) in [7, 11) is 0. The van der Waals surface area contributed by atoms with Gasteiger partial charge in [-0.15, -0.1) is 22.7 Å². The van der Waals surface area contributed by atoms with E-state index in [4.69, 9.17) is 0 Å². The van der Waals surface area contributed by atoms with Gasteiger partial charge in [-0.05, 0) is 30.7 Å². The van der Waals surface area contributed by atoms with E-state index in [0.717, 1.165) is 39.8 Å². The predicted molar refractivity (Wildman–Crippen MR) is 110 cm³/mol. The van der Waals surface area contributed by atoms with E-state index in [9.17, 15) is 4.79 Å². The molecule has 0 bridgehead atoms. The monoisotopic (exact) mass is 394 g/mol. The fourth-order valence-corrected chi connectivity index (χ4v) is 4.52. The smallest absolute Gasteiger partial charge is 0.226 e. The first-order chi connectivity index (χ1) is 13.3. The zero-order valence-corrected chi connectivity index (χ0v) is 16.2. The van der Waals surface area contributed by atoms with Gasteiger partial charge in [-0.25, -0.2) is 9.97 Å². The zero-order valence-electron chi connectivity index (χ0n) is 14.6. The van der Waals surface area contributed by atoms with Crippen molar-refractivity contribution in [2.24, 2.45) is 0 Å². The first kappa shape index (κ1) is 17.8. The zero-order chi connectivity index (χ0) is 18.5. The molecule has 0 aliphatic carbocycles. The minimum atomic E-state index is -0.00262. The molecule has 0 unspecified atom stereocenters. The van der Waals surface area contributed by atoms with Gasteiger partial charge in [0.2, 0.25) is 5.91 Å². The Morgan fingerprint density at radius 3 is 2.81 bits per heavy atom. The van der Waals surface area contributed by atoms with Crippen molar-refractivity contribution < 1.29 is 4.79 Å². The summed E-state index contributed by atoms with van der Waals surface area (Å²) in [6, 6.07) is 13.9. The van der Waals surface area contributed by atoms with Crippen LogP contribution >= 0.6 is 22.7 Å². The molecule has 0 saturated carbocycles. The van der Waals surface area contributed by atoms with E-state index in [1.807, 2.05) is 41.8 Å². The van der Waals surface area contributed by atoms with Gasteiger partial charge in [-0.2, -0.15) is 0 Å². The Morgan fingerprint density at radius 1 is 1.07 bits per heavy atom. The van der Waals surface area contributed by atoms with Gasteiger partial charge < -0.3 is 5.32 Å². The summed E-state index contributed by atoms with van der Waals surface area (Å²) < 4.78 is 1.21. The van der Waals surface area contributed by atoms with E-state index in [1.54, 1.807) is 17.5 Å². The van der Waals surface area contributed by atoms with Crippen molar-refractivity contribution in [3.05, 3.63) is 64.7 Å². The molecule has 0 spiro atoms. The second-order valence-electron chi connectivity index (χ2n) is 6.06. The number of para-hydroxylation sites is 1. The third-order valence-electron chi connectivity index (χ3n) is 4.01. The number of nitrogens with one attached hydrogen (secondary N) is 1. The first-order valence-electron chi connectivity index (χ1n) is 8.75. The standard InChI is InChI=1S/C20H18N4OS2/c25-18(12-14-13-26-20(23-14)16-7-3-4-10-21-16)22-11-5-9-19-24-15-6-1-2-8-17(15)27-19/h1-4,6-8,10,13H,5,9,11-12H2,(H,22,25). The molecule has 1 amide bonds. The number of nitrogens with zero attached hydrogens (tertiary/aromatic N) is 3. The summed E-state index contributed by atoms with van der Waals surface area (Å²) in [5.74, 6) is -0.00262. The molecule has 3 heterocycles. The number of aromatic nitrogens is 3. The van der Waals surface area contributed by atoms with E-state index < -0.39 is 0 Å². The van der Waals surface area contributed by atoms with Gasteiger partial charge in [0.05, 0.1) is 33.0 Å². The van der Waals surface area contributed by atoms with Gasteiger partial charge >= 0.3 is 0 Å². The highest BCUT2D eigenvalue weighted by Gasteiger charge is 2.09. The largest absolute Gasteiger partial charge is 0.356 e. The average Bonchev–Trinajstić information content (AvgIpc) is 3.32. The number of aryl methyl sites for hydroxylation is 1. The van der Waals surface area contributed by atoms with Crippen LogP contribution in [0.25, 0.3) is 20.9 Å². The molecule has 0 aliphatic heterocycles. The molecule has 136 valence electrons. The quantitative estimate of drug-likeness (QED) is 0.479. The van der Waals surface area contributed by atoms with Crippen LogP contribution in [0.5, 0.6) is 0 Å². The average molecular weight is 395 g/mol.